The van der Waals surface area contributed by atoms with E-state index in [0.29, 0.717) is 6.04 Å². The lowest BCUT2D eigenvalue weighted by Gasteiger charge is -2.36. The number of aryl methyl sites for hydroxylation is 1. The van der Waals surface area contributed by atoms with E-state index in [-0.39, 0.29) is 6.61 Å². The van der Waals surface area contributed by atoms with Crippen LogP contribution in [0.2, 0.25) is 0 Å². The maximum atomic E-state index is 9.02. The summed E-state index contributed by atoms with van der Waals surface area (Å²) >= 11 is 0. The Morgan fingerprint density at radius 3 is 2.87 bits per heavy atom. The molecule has 2 rings (SSSR count). The molecule has 0 radical (unpaired) electrons. The summed E-state index contributed by atoms with van der Waals surface area (Å²) in [6.07, 6.45) is 5.84. The fourth-order valence-corrected chi connectivity index (χ4v) is 2.03. The molecule has 1 saturated carbocycles. The molecule has 0 aromatic carbocycles. The molecule has 15 heavy (non-hydrogen) atoms. The van der Waals surface area contributed by atoms with Crippen molar-refractivity contribution in [2.75, 3.05) is 13.2 Å². The van der Waals surface area contributed by atoms with E-state index in [2.05, 4.69) is 10.00 Å². The Morgan fingerprint density at radius 1 is 1.60 bits per heavy atom. The third-order valence-corrected chi connectivity index (χ3v) is 3.11. The minimum atomic E-state index is 0.239. The molecule has 1 aliphatic rings. The van der Waals surface area contributed by atoms with Gasteiger partial charge in [-0.3, -0.25) is 9.58 Å². The minimum Gasteiger partial charge on any atom is -0.395 e. The Kier molecular flexibility index (Phi) is 3.38. The Labute approximate surface area is 90.5 Å². The smallest absolute Gasteiger partial charge is 0.0764 e. The number of aliphatic hydroxyl groups excluding tert-OH is 1. The van der Waals surface area contributed by atoms with E-state index in [0.717, 1.165) is 18.8 Å². The average molecular weight is 209 g/mol. The van der Waals surface area contributed by atoms with Crippen LogP contribution >= 0.6 is 0 Å². The van der Waals surface area contributed by atoms with Crippen LogP contribution in [-0.4, -0.2) is 39.0 Å². The topological polar surface area (TPSA) is 41.3 Å². The number of nitrogens with zero attached hydrogens (tertiary/aromatic N) is 3. The number of hydrogen-bond acceptors (Lipinski definition) is 3. The average Bonchev–Trinajstić information content (AvgIpc) is 2.48. The van der Waals surface area contributed by atoms with Gasteiger partial charge in [-0.15, -0.1) is 0 Å². The van der Waals surface area contributed by atoms with Crippen LogP contribution in [0.3, 0.4) is 0 Å². The monoisotopic (exact) mass is 209 g/mol. The van der Waals surface area contributed by atoms with Gasteiger partial charge >= 0.3 is 0 Å². The maximum Gasteiger partial charge on any atom is 0.0764 e. The maximum absolute atomic E-state index is 9.02. The van der Waals surface area contributed by atoms with Crippen LogP contribution in [0.1, 0.15) is 25.0 Å². The fraction of sp³-hybridized carbons (Fsp3) is 0.727. The van der Waals surface area contributed by atoms with Crippen molar-refractivity contribution in [2.45, 2.75) is 31.8 Å². The largest absolute Gasteiger partial charge is 0.395 e. The lowest BCUT2D eigenvalue weighted by Crippen LogP contribution is -2.41. The molecule has 0 unspecified atom stereocenters. The van der Waals surface area contributed by atoms with E-state index in [4.69, 9.17) is 5.11 Å². The molecule has 0 aliphatic heterocycles. The molecule has 1 heterocycles. The molecule has 1 aliphatic carbocycles. The first kappa shape index (κ1) is 10.6. The van der Waals surface area contributed by atoms with Crippen LogP contribution in [0.15, 0.2) is 12.3 Å². The van der Waals surface area contributed by atoms with Gasteiger partial charge in [-0.25, -0.2) is 0 Å². The highest BCUT2D eigenvalue weighted by molar-refractivity contribution is 4.99. The first-order valence-corrected chi connectivity index (χ1v) is 5.63. The summed E-state index contributed by atoms with van der Waals surface area (Å²) in [6.45, 7) is 1.87. The fourth-order valence-electron chi connectivity index (χ4n) is 2.03. The third kappa shape index (κ3) is 2.58. The van der Waals surface area contributed by atoms with Gasteiger partial charge < -0.3 is 5.11 Å². The van der Waals surface area contributed by atoms with E-state index in [1.54, 1.807) is 0 Å². The highest BCUT2D eigenvalue weighted by Gasteiger charge is 2.24. The van der Waals surface area contributed by atoms with Gasteiger partial charge in [-0.1, -0.05) is 6.42 Å². The van der Waals surface area contributed by atoms with Crippen LogP contribution in [0.25, 0.3) is 0 Å². The van der Waals surface area contributed by atoms with Crippen molar-refractivity contribution in [3.05, 3.63) is 18.0 Å². The molecule has 1 fully saturated rings. The van der Waals surface area contributed by atoms with Crippen molar-refractivity contribution in [2.24, 2.45) is 7.05 Å². The van der Waals surface area contributed by atoms with Gasteiger partial charge in [0.25, 0.3) is 0 Å². The summed E-state index contributed by atoms with van der Waals surface area (Å²) in [5.74, 6) is 0. The van der Waals surface area contributed by atoms with Crippen LogP contribution in [0.4, 0.5) is 0 Å². The van der Waals surface area contributed by atoms with Crippen LogP contribution < -0.4 is 0 Å². The lowest BCUT2D eigenvalue weighted by molar-refractivity contribution is 0.0932. The first-order chi connectivity index (χ1) is 7.29. The molecule has 1 N–H and O–H groups in total. The van der Waals surface area contributed by atoms with E-state index < -0.39 is 0 Å². The van der Waals surface area contributed by atoms with Crippen molar-refractivity contribution < 1.29 is 5.11 Å². The number of aliphatic hydroxyl groups is 1. The second kappa shape index (κ2) is 4.77. The van der Waals surface area contributed by atoms with Gasteiger partial charge in [-0.05, 0) is 18.9 Å². The highest BCUT2D eigenvalue weighted by atomic mass is 16.3. The van der Waals surface area contributed by atoms with Crippen molar-refractivity contribution in [3.63, 3.8) is 0 Å². The Hall–Kier alpha value is -0.870. The van der Waals surface area contributed by atoms with Gasteiger partial charge in [0.2, 0.25) is 0 Å². The molecule has 0 spiro atoms. The number of hydrogen-bond donors (Lipinski definition) is 1. The molecule has 0 bridgehead atoms. The van der Waals surface area contributed by atoms with E-state index in [1.165, 1.54) is 19.3 Å². The highest BCUT2D eigenvalue weighted by Crippen LogP contribution is 2.25. The number of rotatable bonds is 5. The zero-order valence-electron chi connectivity index (χ0n) is 9.26. The van der Waals surface area contributed by atoms with Crippen molar-refractivity contribution in [3.8, 4) is 0 Å². The summed E-state index contributed by atoms with van der Waals surface area (Å²) < 4.78 is 1.83. The zero-order valence-corrected chi connectivity index (χ0v) is 9.26. The number of aromatic nitrogens is 2. The van der Waals surface area contributed by atoms with Gasteiger partial charge in [0, 0.05) is 32.4 Å². The quantitative estimate of drug-likeness (QED) is 0.778. The van der Waals surface area contributed by atoms with Crippen LogP contribution in [0, 0.1) is 0 Å². The summed E-state index contributed by atoms with van der Waals surface area (Å²) in [7, 11) is 1.93. The molecule has 1 aromatic rings. The van der Waals surface area contributed by atoms with E-state index in [9.17, 15) is 0 Å². The Morgan fingerprint density at radius 2 is 2.40 bits per heavy atom. The summed E-state index contributed by atoms with van der Waals surface area (Å²) in [6, 6.07) is 2.71. The van der Waals surface area contributed by atoms with E-state index >= 15 is 0 Å². The Bertz CT molecular complexity index is 307. The standard InChI is InChI=1S/C11H19N3O/c1-13-6-5-10(12-13)9-14(7-8-15)11-3-2-4-11/h5-6,11,15H,2-4,7-9H2,1H3. The molecule has 84 valence electrons. The molecule has 4 heteroatoms. The van der Waals surface area contributed by atoms with Crippen molar-refractivity contribution in [1.82, 2.24) is 14.7 Å². The molecule has 0 saturated heterocycles. The van der Waals surface area contributed by atoms with Crippen LogP contribution in [0.5, 0.6) is 0 Å². The predicted octanol–water partition coefficient (Wildman–Crippen LogP) is 0.767. The van der Waals surface area contributed by atoms with Crippen molar-refractivity contribution >= 4 is 0 Å². The first-order valence-electron chi connectivity index (χ1n) is 5.63. The third-order valence-electron chi connectivity index (χ3n) is 3.11. The van der Waals surface area contributed by atoms with Gasteiger partial charge in [-0.2, -0.15) is 5.10 Å². The summed E-state index contributed by atoms with van der Waals surface area (Å²) in [5.41, 5.74) is 1.10. The van der Waals surface area contributed by atoms with Crippen LogP contribution in [-0.2, 0) is 13.6 Å². The van der Waals surface area contributed by atoms with Gasteiger partial charge in [0.1, 0.15) is 0 Å². The second-order valence-electron chi connectivity index (χ2n) is 4.26. The normalized spacial score (nSPS) is 17.0. The molecule has 4 nitrogen and oxygen atoms in total. The second-order valence-corrected chi connectivity index (χ2v) is 4.26. The SMILES string of the molecule is Cn1ccc(CN(CCO)C2CCC2)n1. The lowest BCUT2D eigenvalue weighted by atomic mass is 9.91. The molecule has 1 aromatic heterocycles. The van der Waals surface area contributed by atoms with Gasteiger partial charge in [0.15, 0.2) is 0 Å². The summed E-state index contributed by atoms with van der Waals surface area (Å²) in [4.78, 5) is 2.34. The molecule has 0 atom stereocenters. The predicted molar refractivity (Wildman–Crippen MR) is 58.3 cm³/mol. The summed E-state index contributed by atoms with van der Waals surface area (Å²) in [5, 5.41) is 13.4. The zero-order chi connectivity index (χ0) is 10.7. The molecular formula is C11H19N3O. The Balaban J connectivity index is 1.93. The van der Waals surface area contributed by atoms with Gasteiger partial charge in [0.05, 0.1) is 12.3 Å². The molecular weight excluding hydrogens is 190 g/mol. The molecule has 0 amide bonds. The van der Waals surface area contributed by atoms with E-state index in [1.807, 2.05) is 24.0 Å². The minimum absolute atomic E-state index is 0.239. The van der Waals surface area contributed by atoms with Crippen molar-refractivity contribution in [1.29, 1.82) is 0 Å².